The standard InChI is InChI=1S/C32H50FN7O4/c1-32(2,3)44-30(41)34-17-9-7-5-6-8-10-18-40(31(42)43)24-15-13-23(14-16-24)37-29-35-21-26(33)28(38-29)25-20-36-39(4)27(25)19-22-11-12-22/h20-24H,5-19H2,1-4H3,(H,34,41)(H,42,43)(H,35,37,38)/t23-,24-. The minimum atomic E-state index is -0.861. The van der Waals surface area contributed by atoms with Gasteiger partial charge in [-0.25, -0.2) is 23.9 Å². The Morgan fingerprint density at radius 1 is 1.05 bits per heavy atom. The van der Waals surface area contributed by atoms with Crippen LogP contribution in [0.15, 0.2) is 12.4 Å². The van der Waals surface area contributed by atoms with Crippen LogP contribution in [0.1, 0.15) is 104 Å². The summed E-state index contributed by atoms with van der Waals surface area (Å²) in [6, 6.07) is 0.0967. The van der Waals surface area contributed by atoms with E-state index < -0.39 is 17.5 Å². The second kappa shape index (κ2) is 15.5. The van der Waals surface area contributed by atoms with Gasteiger partial charge < -0.3 is 25.4 Å². The predicted molar refractivity (Wildman–Crippen MR) is 167 cm³/mol. The molecule has 0 atom stereocenters. The zero-order valence-corrected chi connectivity index (χ0v) is 26.8. The van der Waals surface area contributed by atoms with Gasteiger partial charge in [0.05, 0.1) is 12.4 Å². The van der Waals surface area contributed by atoms with Crippen LogP contribution in [-0.4, -0.2) is 72.7 Å². The van der Waals surface area contributed by atoms with Crippen molar-refractivity contribution in [1.82, 2.24) is 30.0 Å². The third kappa shape index (κ3) is 10.3. The molecule has 0 unspecified atom stereocenters. The molecule has 2 heterocycles. The number of carbonyl (C=O) groups excluding carboxylic acids is 1. The van der Waals surface area contributed by atoms with E-state index in [0.29, 0.717) is 25.0 Å². The molecule has 2 aliphatic carbocycles. The van der Waals surface area contributed by atoms with Crippen molar-refractivity contribution in [2.24, 2.45) is 13.0 Å². The molecule has 4 rings (SSSR count). The van der Waals surface area contributed by atoms with Crippen molar-refractivity contribution in [3.63, 3.8) is 0 Å². The lowest BCUT2D eigenvalue weighted by molar-refractivity contribution is 0.0526. The van der Waals surface area contributed by atoms with Gasteiger partial charge in [0.25, 0.3) is 0 Å². The number of carbonyl (C=O) groups is 2. The number of rotatable bonds is 15. The van der Waals surface area contributed by atoms with Crippen LogP contribution in [0.25, 0.3) is 11.3 Å². The molecule has 2 aliphatic rings. The Kier molecular flexibility index (Phi) is 11.8. The molecule has 12 heteroatoms. The van der Waals surface area contributed by atoms with Gasteiger partial charge in [0, 0.05) is 43.5 Å². The van der Waals surface area contributed by atoms with E-state index in [1.807, 2.05) is 32.5 Å². The third-order valence-electron chi connectivity index (χ3n) is 8.45. The van der Waals surface area contributed by atoms with Gasteiger partial charge in [0.2, 0.25) is 5.95 Å². The van der Waals surface area contributed by atoms with Crippen LogP contribution in [0.3, 0.4) is 0 Å². The monoisotopic (exact) mass is 615 g/mol. The number of hydrogen-bond donors (Lipinski definition) is 3. The van der Waals surface area contributed by atoms with Crippen molar-refractivity contribution in [3.05, 3.63) is 23.9 Å². The second-order valence-electron chi connectivity index (χ2n) is 13.3. The Morgan fingerprint density at radius 3 is 2.39 bits per heavy atom. The smallest absolute Gasteiger partial charge is 0.407 e. The summed E-state index contributed by atoms with van der Waals surface area (Å²) in [6.07, 6.45) is 13.8. The summed E-state index contributed by atoms with van der Waals surface area (Å²) >= 11 is 0. The van der Waals surface area contributed by atoms with Gasteiger partial charge in [-0.15, -0.1) is 0 Å². The highest BCUT2D eigenvalue weighted by molar-refractivity contribution is 5.67. The van der Waals surface area contributed by atoms with E-state index in [-0.39, 0.29) is 23.9 Å². The molecule has 2 fully saturated rings. The molecule has 0 bridgehead atoms. The number of anilines is 1. The number of aromatic nitrogens is 4. The Balaban J connectivity index is 1.16. The summed E-state index contributed by atoms with van der Waals surface area (Å²) in [5.74, 6) is 0.567. The Bertz CT molecular complexity index is 1240. The van der Waals surface area contributed by atoms with Gasteiger partial charge in [0.15, 0.2) is 5.82 Å². The number of unbranched alkanes of at least 4 members (excludes halogenated alkanes) is 5. The third-order valence-corrected chi connectivity index (χ3v) is 8.45. The van der Waals surface area contributed by atoms with Gasteiger partial charge in [-0.2, -0.15) is 5.10 Å². The number of amides is 2. The molecule has 2 aromatic rings. The Labute approximate surface area is 260 Å². The molecule has 44 heavy (non-hydrogen) atoms. The molecule has 2 aromatic heterocycles. The zero-order valence-electron chi connectivity index (χ0n) is 26.8. The summed E-state index contributed by atoms with van der Waals surface area (Å²) in [5.41, 5.74) is 1.50. The number of hydrogen-bond acceptors (Lipinski definition) is 7. The lowest BCUT2D eigenvalue weighted by atomic mass is 9.90. The highest BCUT2D eigenvalue weighted by Gasteiger charge is 2.30. The highest BCUT2D eigenvalue weighted by Crippen LogP contribution is 2.36. The van der Waals surface area contributed by atoms with Crippen molar-refractivity contribution < 1.29 is 23.8 Å². The number of carboxylic acid groups (broad SMARTS) is 1. The average molecular weight is 616 g/mol. The molecule has 0 spiro atoms. The molecule has 11 nitrogen and oxygen atoms in total. The van der Waals surface area contributed by atoms with E-state index in [4.69, 9.17) is 4.74 Å². The maximum atomic E-state index is 14.8. The maximum Gasteiger partial charge on any atom is 0.407 e. The Hall–Kier alpha value is -3.44. The van der Waals surface area contributed by atoms with Gasteiger partial charge in [-0.05, 0) is 84.5 Å². The van der Waals surface area contributed by atoms with Crippen molar-refractivity contribution in [3.8, 4) is 11.3 Å². The van der Waals surface area contributed by atoms with E-state index in [2.05, 4.69) is 25.7 Å². The first-order valence-electron chi connectivity index (χ1n) is 16.3. The molecule has 3 N–H and O–H groups in total. The van der Waals surface area contributed by atoms with Crippen molar-refractivity contribution >= 4 is 18.1 Å². The maximum absolute atomic E-state index is 14.8. The number of ether oxygens (including phenoxy) is 1. The summed E-state index contributed by atoms with van der Waals surface area (Å²) in [4.78, 5) is 34.1. The Morgan fingerprint density at radius 2 is 1.73 bits per heavy atom. The van der Waals surface area contributed by atoms with Crippen molar-refractivity contribution in [1.29, 1.82) is 0 Å². The van der Waals surface area contributed by atoms with Crippen LogP contribution in [0.2, 0.25) is 0 Å². The molecular formula is C32H50FN7O4. The quantitative estimate of drug-likeness (QED) is 0.192. The highest BCUT2D eigenvalue weighted by atomic mass is 19.1. The SMILES string of the molecule is Cn1ncc(-c2nc(N[C@H]3CC[C@H](N(CCCCCCCCNC(=O)OC(C)(C)C)C(=O)O)CC3)ncc2F)c1CC1CC1. The number of nitrogens with zero attached hydrogens (tertiary/aromatic N) is 5. The summed E-state index contributed by atoms with van der Waals surface area (Å²) in [7, 11) is 1.88. The van der Waals surface area contributed by atoms with Gasteiger partial charge in [-0.3, -0.25) is 4.68 Å². The number of nitrogens with one attached hydrogen (secondary N) is 2. The zero-order chi connectivity index (χ0) is 31.7. The van der Waals surface area contributed by atoms with E-state index in [9.17, 15) is 19.1 Å². The molecule has 0 radical (unpaired) electrons. The average Bonchev–Trinajstić information content (AvgIpc) is 3.71. The van der Waals surface area contributed by atoms with E-state index in [1.54, 1.807) is 11.1 Å². The normalized spacial score (nSPS) is 18.6. The number of halogens is 1. The molecule has 244 valence electrons. The number of alkyl carbamates (subject to hydrolysis) is 1. The van der Waals surface area contributed by atoms with Crippen LogP contribution >= 0.6 is 0 Å². The van der Waals surface area contributed by atoms with Gasteiger partial charge in [0.1, 0.15) is 11.3 Å². The van der Waals surface area contributed by atoms with Crippen LogP contribution in [0, 0.1) is 11.7 Å². The molecule has 0 saturated heterocycles. The lowest BCUT2D eigenvalue weighted by Gasteiger charge is -2.35. The van der Waals surface area contributed by atoms with Gasteiger partial charge in [-0.1, -0.05) is 25.7 Å². The first kappa shape index (κ1) is 33.5. The first-order chi connectivity index (χ1) is 21.0. The van der Waals surface area contributed by atoms with E-state index in [1.165, 1.54) is 19.0 Å². The van der Waals surface area contributed by atoms with Crippen molar-refractivity contribution in [2.45, 2.75) is 122 Å². The lowest BCUT2D eigenvalue weighted by Crippen LogP contribution is -2.44. The first-order valence-corrected chi connectivity index (χ1v) is 16.3. The van der Waals surface area contributed by atoms with E-state index in [0.717, 1.165) is 81.9 Å². The minimum Gasteiger partial charge on any atom is -0.465 e. The fourth-order valence-electron chi connectivity index (χ4n) is 5.89. The van der Waals surface area contributed by atoms with Crippen LogP contribution in [-0.2, 0) is 18.2 Å². The topological polar surface area (TPSA) is 135 Å². The van der Waals surface area contributed by atoms with Crippen LogP contribution in [0.5, 0.6) is 0 Å². The fraction of sp³-hybridized carbons (Fsp3) is 0.719. The molecular weight excluding hydrogens is 565 g/mol. The van der Waals surface area contributed by atoms with E-state index >= 15 is 0 Å². The molecule has 0 aromatic carbocycles. The second-order valence-corrected chi connectivity index (χ2v) is 13.3. The largest absolute Gasteiger partial charge is 0.465 e. The van der Waals surface area contributed by atoms with Crippen LogP contribution in [0.4, 0.5) is 19.9 Å². The summed E-state index contributed by atoms with van der Waals surface area (Å²) in [5, 5.41) is 20.4. The fourth-order valence-corrected chi connectivity index (χ4v) is 5.89. The molecule has 2 saturated carbocycles. The summed E-state index contributed by atoms with van der Waals surface area (Å²) < 4.78 is 21.9. The molecule has 2 amide bonds. The number of aryl methyl sites for hydroxylation is 1. The minimum absolute atomic E-state index is 0.00505. The molecule has 0 aliphatic heterocycles. The predicted octanol–water partition coefficient (Wildman–Crippen LogP) is 6.54. The van der Waals surface area contributed by atoms with Crippen molar-refractivity contribution in [2.75, 3.05) is 18.4 Å². The summed E-state index contributed by atoms with van der Waals surface area (Å²) in [6.45, 7) is 6.66. The van der Waals surface area contributed by atoms with Gasteiger partial charge >= 0.3 is 12.2 Å². The van der Waals surface area contributed by atoms with Crippen LogP contribution < -0.4 is 10.6 Å².